The summed E-state index contributed by atoms with van der Waals surface area (Å²) in [6, 6.07) is 14.3. The maximum atomic E-state index is 5.30. The predicted molar refractivity (Wildman–Crippen MR) is 72.8 cm³/mol. The van der Waals surface area contributed by atoms with E-state index in [0.29, 0.717) is 0 Å². The van der Waals surface area contributed by atoms with Crippen molar-refractivity contribution in [2.75, 3.05) is 0 Å². The van der Waals surface area contributed by atoms with Crippen LogP contribution in [0.5, 0.6) is 0 Å². The Bertz CT molecular complexity index is 696. The number of fused-ring (bicyclic) bond motifs is 1. The second kappa shape index (κ2) is 4.49. The molecule has 0 saturated carbocycles. The molecule has 0 aliphatic carbocycles. The Kier molecular flexibility index (Phi) is 2.69. The summed E-state index contributed by atoms with van der Waals surface area (Å²) in [5, 5.41) is 1.24. The summed E-state index contributed by atoms with van der Waals surface area (Å²) in [4.78, 5) is 0. The molecule has 0 amide bonds. The first kappa shape index (κ1) is 10.8. The minimum absolute atomic E-state index is 0.868. The van der Waals surface area contributed by atoms with Gasteiger partial charge in [-0.3, -0.25) is 0 Å². The summed E-state index contributed by atoms with van der Waals surface area (Å²) in [7, 11) is 2.06. The number of hydrogen-bond acceptors (Lipinski definition) is 1. The molecule has 0 spiro atoms. The highest BCUT2D eigenvalue weighted by molar-refractivity contribution is 5.88. The molecular formula is C16H14NO+. The van der Waals surface area contributed by atoms with E-state index in [4.69, 9.17) is 4.42 Å². The van der Waals surface area contributed by atoms with E-state index in [1.165, 1.54) is 16.5 Å². The number of aryl methyl sites for hydroxylation is 1. The number of pyridine rings is 1. The van der Waals surface area contributed by atoms with Crippen molar-refractivity contribution < 1.29 is 8.98 Å². The summed E-state index contributed by atoms with van der Waals surface area (Å²) in [6.07, 6.45) is 7.83. The lowest BCUT2D eigenvalue weighted by Gasteiger charge is -2.00. The predicted octanol–water partition coefficient (Wildman–Crippen LogP) is 3.43. The SMILES string of the molecule is C[n+]1ccc(/C=C/c2ccco2)c2ccccc21. The van der Waals surface area contributed by atoms with Crippen molar-refractivity contribution in [2.45, 2.75) is 0 Å². The van der Waals surface area contributed by atoms with Gasteiger partial charge < -0.3 is 4.42 Å². The Morgan fingerprint density at radius 3 is 2.72 bits per heavy atom. The van der Waals surface area contributed by atoms with Crippen molar-refractivity contribution >= 4 is 23.1 Å². The molecule has 88 valence electrons. The second-order valence-corrected chi connectivity index (χ2v) is 4.25. The number of para-hydroxylation sites is 1. The van der Waals surface area contributed by atoms with Crippen molar-refractivity contribution in [1.82, 2.24) is 0 Å². The number of benzene rings is 1. The zero-order valence-corrected chi connectivity index (χ0v) is 10.2. The summed E-state index contributed by atoms with van der Waals surface area (Å²) in [6.45, 7) is 0. The molecule has 0 fully saturated rings. The highest BCUT2D eigenvalue weighted by atomic mass is 16.3. The largest absolute Gasteiger partial charge is 0.465 e. The fourth-order valence-electron chi connectivity index (χ4n) is 2.09. The van der Waals surface area contributed by atoms with Gasteiger partial charge in [-0.2, -0.15) is 0 Å². The van der Waals surface area contributed by atoms with Gasteiger partial charge in [0.2, 0.25) is 5.52 Å². The van der Waals surface area contributed by atoms with Gasteiger partial charge in [0.1, 0.15) is 12.8 Å². The van der Waals surface area contributed by atoms with Crippen LogP contribution in [0, 0.1) is 0 Å². The molecule has 0 bridgehead atoms. The molecule has 0 radical (unpaired) electrons. The molecule has 0 atom stereocenters. The van der Waals surface area contributed by atoms with Crippen molar-refractivity contribution in [1.29, 1.82) is 0 Å². The zero-order valence-electron chi connectivity index (χ0n) is 10.2. The average molecular weight is 236 g/mol. The Labute approximate surface area is 106 Å². The molecular weight excluding hydrogens is 222 g/mol. The van der Waals surface area contributed by atoms with Gasteiger partial charge in [0.05, 0.1) is 11.6 Å². The Balaban J connectivity index is 2.10. The quantitative estimate of drug-likeness (QED) is 0.623. The van der Waals surface area contributed by atoms with E-state index in [1.807, 2.05) is 18.2 Å². The molecule has 0 aliphatic heterocycles. The minimum atomic E-state index is 0.868. The monoisotopic (exact) mass is 236 g/mol. The lowest BCUT2D eigenvalue weighted by atomic mass is 10.1. The van der Waals surface area contributed by atoms with Crippen LogP contribution in [0.15, 0.2) is 59.3 Å². The van der Waals surface area contributed by atoms with Gasteiger partial charge >= 0.3 is 0 Å². The highest BCUT2D eigenvalue weighted by Gasteiger charge is 2.06. The Morgan fingerprint density at radius 1 is 1.00 bits per heavy atom. The van der Waals surface area contributed by atoms with E-state index in [-0.39, 0.29) is 0 Å². The smallest absolute Gasteiger partial charge is 0.212 e. The summed E-state index contributed by atoms with van der Waals surface area (Å²) in [5.74, 6) is 0.868. The van der Waals surface area contributed by atoms with Gasteiger partial charge in [0, 0.05) is 12.1 Å². The fourth-order valence-corrected chi connectivity index (χ4v) is 2.09. The van der Waals surface area contributed by atoms with Gasteiger partial charge in [0.15, 0.2) is 6.20 Å². The van der Waals surface area contributed by atoms with Gasteiger partial charge in [0.25, 0.3) is 0 Å². The first-order chi connectivity index (χ1) is 8.84. The van der Waals surface area contributed by atoms with Gasteiger partial charge in [-0.05, 0) is 29.8 Å². The molecule has 2 heterocycles. The lowest BCUT2D eigenvalue weighted by molar-refractivity contribution is -0.644. The molecule has 18 heavy (non-hydrogen) atoms. The van der Waals surface area contributed by atoms with Gasteiger partial charge in [-0.15, -0.1) is 0 Å². The standard InChI is InChI=1S/C16H14NO/c1-17-11-10-13(8-9-14-5-4-12-18-14)15-6-2-3-7-16(15)17/h2-12H,1H3/q+1/b9-8+. The molecule has 0 aliphatic rings. The average Bonchev–Trinajstić information content (AvgIpc) is 2.92. The maximum Gasteiger partial charge on any atom is 0.212 e. The van der Waals surface area contributed by atoms with Crippen LogP contribution in [-0.4, -0.2) is 0 Å². The Hall–Kier alpha value is -2.35. The number of furan rings is 1. The molecule has 1 aromatic carbocycles. The molecule has 3 rings (SSSR count). The van der Waals surface area contributed by atoms with Crippen molar-refractivity contribution in [2.24, 2.45) is 7.05 Å². The highest BCUT2D eigenvalue weighted by Crippen LogP contribution is 2.17. The van der Waals surface area contributed by atoms with Crippen LogP contribution in [0.1, 0.15) is 11.3 Å². The van der Waals surface area contributed by atoms with Crippen LogP contribution in [0.2, 0.25) is 0 Å². The number of aromatic nitrogens is 1. The molecule has 2 nitrogen and oxygen atoms in total. The first-order valence-corrected chi connectivity index (χ1v) is 5.93. The Morgan fingerprint density at radius 2 is 1.89 bits per heavy atom. The van der Waals surface area contributed by atoms with Gasteiger partial charge in [-0.25, -0.2) is 4.57 Å². The van der Waals surface area contributed by atoms with E-state index in [2.05, 4.69) is 54.2 Å². The summed E-state index contributed by atoms with van der Waals surface area (Å²) < 4.78 is 7.42. The maximum absolute atomic E-state index is 5.30. The van der Waals surface area contributed by atoms with E-state index < -0.39 is 0 Å². The van der Waals surface area contributed by atoms with Crippen molar-refractivity contribution in [3.05, 3.63) is 66.2 Å². The van der Waals surface area contributed by atoms with Crippen LogP contribution in [0.4, 0.5) is 0 Å². The van der Waals surface area contributed by atoms with E-state index in [1.54, 1.807) is 6.26 Å². The molecule has 3 aromatic rings. The van der Waals surface area contributed by atoms with Gasteiger partial charge in [-0.1, -0.05) is 18.2 Å². The van der Waals surface area contributed by atoms with Crippen molar-refractivity contribution in [3.63, 3.8) is 0 Å². The third-order valence-electron chi connectivity index (χ3n) is 3.04. The van der Waals surface area contributed by atoms with Crippen LogP contribution in [-0.2, 0) is 7.05 Å². The number of rotatable bonds is 2. The fraction of sp³-hybridized carbons (Fsp3) is 0.0625. The van der Waals surface area contributed by atoms with E-state index >= 15 is 0 Å². The molecule has 0 N–H and O–H groups in total. The summed E-state index contributed by atoms with van der Waals surface area (Å²) >= 11 is 0. The van der Waals surface area contributed by atoms with Crippen LogP contribution >= 0.6 is 0 Å². The number of nitrogens with zero attached hydrogens (tertiary/aromatic N) is 1. The first-order valence-electron chi connectivity index (χ1n) is 5.93. The molecule has 0 unspecified atom stereocenters. The van der Waals surface area contributed by atoms with Crippen LogP contribution < -0.4 is 4.57 Å². The molecule has 2 aromatic heterocycles. The second-order valence-electron chi connectivity index (χ2n) is 4.25. The van der Waals surface area contributed by atoms with Crippen LogP contribution in [0.3, 0.4) is 0 Å². The van der Waals surface area contributed by atoms with E-state index in [0.717, 1.165) is 5.76 Å². The zero-order chi connectivity index (χ0) is 12.4. The van der Waals surface area contributed by atoms with E-state index in [9.17, 15) is 0 Å². The third kappa shape index (κ3) is 1.93. The minimum Gasteiger partial charge on any atom is -0.465 e. The van der Waals surface area contributed by atoms with Crippen LogP contribution in [0.25, 0.3) is 23.1 Å². The molecule has 2 heteroatoms. The number of hydrogen-bond donors (Lipinski definition) is 0. The van der Waals surface area contributed by atoms with Crippen molar-refractivity contribution in [3.8, 4) is 0 Å². The summed E-state index contributed by atoms with van der Waals surface area (Å²) in [5.41, 5.74) is 2.42. The topological polar surface area (TPSA) is 17.0 Å². The lowest BCUT2D eigenvalue weighted by Crippen LogP contribution is -2.28. The molecule has 0 saturated heterocycles. The third-order valence-corrected chi connectivity index (χ3v) is 3.04. The normalized spacial score (nSPS) is 11.4.